The van der Waals surface area contributed by atoms with Gasteiger partial charge >= 0.3 is 0 Å². The molecule has 0 aromatic heterocycles. The van der Waals surface area contributed by atoms with Gasteiger partial charge in [-0.2, -0.15) is 0 Å². The number of hydrogen-bond acceptors (Lipinski definition) is 2. The molecule has 1 aliphatic rings. The van der Waals surface area contributed by atoms with Gasteiger partial charge in [-0.25, -0.2) is 0 Å². The quantitative estimate of drug-likeness (QED) is 0.705. The Bertz CT molecular complexity index is 227. The minimum Gasteiger partial charge on any atom is -0.370 e. The van der Waals surface area contributed by atoms with E-state index in [-0.39, 0.29) is 12.0 Å². The molecule has 100 valence electrons. The Labute approximate surface area is 106 Å². The zero-order valence-corrected chi connectivity index (χ0v) is 11.9. The van der Waals surface area contributed by atoms with E-state index in [1.54, 1.807) is 0 Å². The van der Waals surface area contributed by atoms with Crippen LogP contribution < -0.4 is 0 Å². The zero-order valence-electron chi connectivity index (χ0n) is 11.9. The van der Waals surface area contributed by atoms with Crippen LogP contribution in [0.15, 0.2) is 0 Å². The number of rotatable bonds is 6. The lowest BCUT2D eigenvalue weighted by atomic mass is 9.77. The van der Waals surface area contributed by atoms with Crippen LogP contribution in [0, 0.1) is 17.8 Å². The van der Waals surface area contributed by atoms with E-state index in [0.29, 0.717) is 18.3 Å². The van der Waals surface area contributed by atoms with Gasteiger partial charge in [-0.05, 0) is 44.4 Å². The molecule has 0 amide bonds. The van der Waals surface area contributed by atoms with E-state index in [1.807, 2.05) is 6.92 Å². The molecule has 1 atom stereocenters. The largest absolute Gasteiger partial charge is 0.370 e. The standard InChI is InChI=1S/C15H28O2/c1-5-12-7-9-13(10-8-12)14(16)15(11(3)4)17-6-2/h11-13,15H,5-10H2,1-4H3. The highest BCUT2D eigenvalue weighted by Gasteiger charge is 2.32. The first kappa shape index (κ1) is 14.7. The molecular weight excluding hydrogens is 212 g/mol. The van der Waals surface area contributed by atoms with Crippen LogP contribution in [0.1, 0.15) is 59.8 Å². The lowest BCUT2D eigenvalue weighted by Crippen LogP contribution is -2.36. The molecular formula is C15H28O2. The molecule has 1 unspecified atom stereocenters. The summed E-state index contributed by atoms with van der Waals surface area (Å²) >= 11 is 0. The fourth-order valence-electron chi connectivity index (χ4n) is 2.87. The molecule has 17 heavy (non-hydrogen) atoms. The van der Waals surface area contributed by atoms with Gasteiger partial charge < -0.3 is 4.74 Å². The van der Waals surface area contributed by atoms with Gasteiger partial charge in [-0.3, -0.25) is 4.79 Å². The number of hydrogen-bond donors (Lipinski definition) is 0. The molecule has 0 saturated heterocycles. The van der Waals surface area contributed by atoms with Gasteiger partial charge in [-0.15, -0.1) is 0 Å². The highest BCUT2D eigenvalue weighted by atomic mass is 16.5. The van der Waals surface area contributed by atoms with Crippen molar-refractivity contribution in [1.29, 1.82) is 0 Å². The maximum Gasteiger partial charge on any atom is 0.164 e. The topological polar surface area (TPSA) is 26.3 Å². The molecule has 0 aromatic rings. The van der Waals surface area contributed by atoms with Crippen LogP contribution in [0.2, 0.25) is 0 Å². The molecule has 0 N–H and O–H groups in total. The molecule has 0 spiro atoms. The summed E-state index contributed by atoms with van der Waals surface area (Å²) in [4.78, 5) is 12.4. The van der Waals surface area contributed by atoms with E-state index in [4.69, 9.17) is 4.74 Å². The van der Waals surface area contributed by atoms with Gasteiger partial charge in [0.05, 0.1) is 0 Å². The first-order valence-corrected chi connectivity index (χ1v) is 7.25. The average molecular weight is 240 g/mol. The van der Waals surface area contributed by atoms with Crippen molar-refractivity contribution in [2.45, 2.75) is 65.9 Å². The van der Waals surface area contributed by atoms with E-state index in [2.05, 4.69) is 20.8 Å². The smallest absolute Gasteiger partial charge is 0.164 e. The van der Waals surface area contributed by atoms with Crippen molar-refractivity contribution >= 4 is 5.78 Å². The van der Waals surface area contributed by atoms with Crippen LogP contribution in [0.3, 0.4) is 0 Å². The Morgan fingerprint density at radius 2 is 1.76 bits per heavy atom. The molecule has 0 heterocycles. The van der Waals surface area contributed by atoms with Crippen molar-refractivity contribution < 1.29 is 9.53 Å². The Morgan fingerprint density at radius 1 is 1.18 bits per heavy atom. The van der Waals surface area contributed by atoms with Crippen molar-refractivity contribution in [3.63, 3.8) is 0 Å². The number of ketones is 1. The summed E-state index contributed by atoms with van der Waals surface area (Å²) < 4.78 is 5.62. The van der Waals surface area contributed by atoms with E-state index in [9.17, 15) is 4.79 Å². The minimum absolute atomic E-state index is 0.178. The fraction of sp³-hybridized carbons (Fsp3) is 0.933. The van der Waals surface area contributed by atoms with Gasteiger partial charge in [0.1, 0.15) is 6.10 Å². The first-order chi connectivity index (χ1) is 8.10. The molecule has 2 nitrogen and oxygen atoms in total. The van der Waals surface area contributed by atoms with Crippen LogP contribution >= 0.6 is 0 Å². The highest BCUT2D eigenvalue weighted by Crippen LogP contribution is 2.32. The van der Waals surface area contributed by atoms with Crippen LogP contribution in [-0.4, -0.2) is 18.5 Å². The van der Waals surface area contributed by atoms with Gasteiger partial charge in [-0.1, -0.05) is 27.2 Å². The number of ether oxygens (including phenoxy) is 1. The zero-order chi connectivity index (χ0) is 12.8. The highest BCUT2D eigenvalue weighted by molar-refractivity contribution is 5.85. The lowest BCUT2D eigenvalue weighted by molar-refractivity contribution is -0.138. The Kier molecular flexibility index (Phi) is 6.18. The van der Waals surface area contributed by atoms with Gasteiger partial charge in [0, 0.05) is 12.5 Å². The fourth-order valence-corrected chi connectivity index (χ4v) is 2.87. The van der Waals surface area contributed by atoms with Crippen molar-refractivity contribution in [2.75, 3.05) is 6.61 Å². The van der Waals surface area contributed by atoms with Gasteiger partial charge in [0.25, 0.3) is 0 Å². The molecule has 0 aliphatic heterocycles. The third kappa shape index (κ3) is 4.09. The Balaban J connectivity index is 2.51. The van der Waals surface area contributed by atoms with E-state index < -0.39 is 0 Å². The average Bonchev–Trinajstić information content (AvgIpc) is 2.35. The number of Topliss-reactive ketones (excluding diaryl/α,β-unsaturated/α-hetero) is 1. The molecule has 2 heteroatoms. The maximum absolute atomic E-state index is 12.4. The SMILES string of the molecule is CCOC(C(=O)C1CCC(CC)CC1)C(C)C. The first-order valence-electron chi connectivity index (χ1n) is 7.25. The summed E-state index contributed by atoms with van der Waals surface area (Å²) in [7, 11) is 0. The van der Waals surface area contributed by atoms with Crippen LogP contribution in [-0.2, 0) is 9.53 Å². The van der Waals surface area contributed by atoms with E-state index in [0.717, 1.165) is 18.8 Å². The molecule has 0 bridgehead atoms. The Morgan fingerprint density at radius 3 is 2.18 bits per heavy atom. The summed E-state index contributed by atoms with van der Waals surface area (Å²) in [5, 5.41) is 0. The normalized spacial score (nSPS) is 27.1. The van der Waals surface area contributed by atoms with E-state index in [1.165, 1.54) is 19.3 Å². The molecule has 1 aliphatic carbocycles. The van der Waals surface area contributed by atoms with Crippen LogP contribution in [0.4, 0.5) is 0 Å². The lowest BCUT2D eigenvalue weighted by Gasteiger charge is -2.30. The van der Waals surface area contributed by atoms with Crippen molar-refractivity contribution in [3.05, 3.63) is 0 Å². The molecule has 1 saturated carbocycles. The van der Waals surface area contributed by atoms with Crippen molar-refractivity contribution in [3.8, 4) is 0 Å². The summed E-state index contributed by atoms with van der Waals surface area (Å²) in [5.41, 5.74) is 0. The predicted octanol–water partition coefficient (Wildman–Crippen LogP) is 3.83. The second kappa shape index (κ2) is 7.15. The molecule has 1 rings (SSSR count). The number of carbonyl (C=O) groups excluding carboxylic acids is 1. The predicted molar refractivity (Wildman–Crippen MR) is 71.0 cm³/mol. The third-order valence-corrected chi connectivity index (χ3v) is 4.06. The number of carbonyl (C=O) groups is 1. The minimum atomic E-state index is -0.178. The third-order valence-electron chi connectivity index (χ3n) is 4.06. The maximum atomic E-state index is 12.4. The molecule has 0 aromatic carbocycles. The second-order valence-electron chi connectivity index (χ2n) is 5.65. The van der Waals surface area contributed by atoms with Gasteiger partial charge in [0.15, 0.2) is 5.78 Å². The molecule has 0 radical (unpaired) electrons. The van der Waals surface area contributed by atoms with Crippen molar-refractivity contribution in [1.82, 2.24) is 0 Å². The van der Waals surface area contributed by atoms with Crippen molar-refractivity contribution in [2.24, 2.45) is 17.8 Å². The summed E-state index contributed by atoms with van der Waals surface area (Å²) in [6.45, 7) is 9.02. The van der Waals surface area contributed by atoms with Gasteiger partial charge in [0.2, 0.25) is 0 Å². The second-order valence-corrected chi connectivity index (χ2v) is 5.65. The summed E-state index contributed by atoms with van der Waals surface area (Å²) in [6, 6.07) is 0. The summed E-state index contributed by atoms with van der Waals surface area (Å²) in [5.74, 6) is 1.77. The van der Waals surface area contributed by atoms with Crippen LogP contribution in [0.5, 0.6) is 0 Å². The van der Waals surface area contributed by atoms with Crippen LogP contribution in [0.25, 0.3) is 0 Å². The van der Waals surface area contributed by atoms with E-state index >= 15 is 0 Å². The Hall–Kier alpha value is -0.370. The summed E-state index contributed by atoms with van der Waals surface area (Å²) in [6.07, 6.45) is 5.69. The molecule has 1 fully saturated rings. The monoisotopic (exact) mass is 240 g/mol.